The van der Waals surface area contributed by atoms with Gasteiger partial charge in [0.2, 0.25) is 5.91 Å². The summed E-state index contributed by atoms with van der Waals surface area (Å²) in [5, 5.41) is 7.50. The summed E-state index contributed by atoms with van der Waals surface area (Å²) in [6.07, 6.45) is 3.78. The van der Waals surface area contributed by atoms with E-state index in [1.165, 1.54) is 0 Å². The third kappa shape index (κ3) is 3.80. The summed E-state index contributed by atoms with van der Waals surface area (Å²) in [6.45, 7) is 7.46. The first kappa shape index (κ1) is 15.0. The summed E-state index contributed by atoms with van der Waals surface area (Å²) in [5.74, 6) is 0.425. The Labute approximate surface area is 120 Å². The number of aryl methyl sites for hydroxylation is 1. The van der Waals surface area contributed by atoms with Gasteiger partial charge in [-0.25, -0.2) is 0 Å². The van der Waals surface area contributed by atoms with Gasteiger partial charge in [0.25, 0.3) is 0 Å². The molecule has 2 heterocycles. The van der Waals surface area contributed by atoms with E-state index in [1.807, 2.05) is 24.3 Å². The number of rotatable bonds is 5. The molecule has 1 aromatic heterocycles. The van der Waals surface area contributed by atoms with E-state index in [9.17, 15) is 4.79 Å². The molecule has 6 nitrogen and oxygen atoms in total. The molecule has 2 rings (SSSR count). The highest BCUT2D eigenvalue weighted by Crippen LogP contribution is 2.09. The second-order valence-corrected chi connectivity index (χ2v) is 5.56. The molecule has 1 atom stereocenters. The third-order valence-corrected chi connectivity index (χ3v) is 3.54. The minimum Gasteiger partial charge on any atom is -0.378 e. The number of nitrogens with zero attached hydrogens (tertiary/aromatic N) is 3. The standard InChI is InChI=1S/C14H24N4O2/c1-11(2)13(14(19)18-4-6-20-7-5-18)15-8-12-9-16-17(3)10-12/h9-11,13,15H,4-8H2,1-3H3. The Balaban J connectivity index is 1.93. The molecule has 1 N–H and O–H groups in total. The van der Waals surface area contributed by atoms with Crippen molar-refractivity contribution in [1.82, 2.24) is 20.0 Å². The number of hydrogen-bond acceptors (Lipinski definition) is 4. The molecule has 1 aromatic rings. The van der Waals surface area contributed by atoms with Crippen LogP contribution in [0.25, 0.3) is 0 Å². The van der Waals surface area contributed by atoms with Gasteiger partial charge < -0.3 is 15.0 Å². The predicted octanol–water partition coefficient (Wildman–Crippen LogP) is 0.393. The highest BCUT2D eigenvalue weighted by atomic mass is 16.5. The molecule has 1 aliphatic rings. The van der Waals surface area contributed by atoms with Crippen LogP contribution in [0, 0.1) is 5.92 Å². The van der Waals surface area contributed by atoms with Crippen LogP contribution in [0.1, 0.15) is 19.4 Å². The first-order valence-corrected chi connectivity index (χ1v) is 7.15. The van der Waals surface area contributed by atoms with Crippen molar-refractivity contribution in [2.24, 2.45) is 13.0 Å². The number of amides is 1. The van der Waals surface area contributed by atoms with Crippen LogP contribution in [0.2, 0.25) is 0 Å². The van der Waals surface area contributed by atoms with Crippen LogP contribution in [0.5, 0.6) is 0 Å². The largest absolute Gasteiger partial charge is 0.378 e. The number of carbonyl (C=O) groups is 1. The zero-order valence-electron chi connectivity index (χ0n) is 12.5. The maximum Gasteiger partial charge on any atom is 0.240 e. The zero-order chi connectivity index (χ0) is 14.5. The number of nitrogens with one attached hydrogen (secondary N) is 1. The van der Waals surface area contributed by atoms with Crippen molar-refractivity contribution >= 4 is 5.91 Å². The van der Waals surface area contributed by atoms with E-state index in [1.54, 1.807) is 4.68 Å². The van der Waals surface area contributed by atoms with Gasteiger partial charge in [-0.1, -0.05) is 13.8 Å². The molecule has 0 bridgehead atoms. The van der Waals surface area contributed by atoms with Crippen LogP contribution in [-0.4, -0.2) is 52.9 Å². The van der Waals surface area contributed by atoms with Gasteiger partial charge in [0.1, 0.15) is 0 Å². The van der Waals surface area contributed by atoms with E-state index in [0.717, 1.165) is 5.56 Å². The number of carbonyl (C=O) groups excluding carboxylic acids is 1. The van der Waals surface area contributed by atoms with Gasteiger partial charge in [-0.2, -0.15) is 5.10 Å². The minimum atomic E-state index is -0.159. The molecule has 112 valence electrons. The van der Waals surface area contributed by atoms with Crippen molar-refractivity contribution in [2.75, 3.05) is 26.3 Å². The summed E-state index contributed by atoms with van der Waals surface area (Å²) >= 11 is 0. The summed E-state index contributed by atoms with van der Waals surface area (Å²) < 4.78 is 7.07. The average Bonchev–Trinajstić information content (AvgIpc) is 2.85. The SMILES string of the molecule is CC(C)C(NCc1cnn(C)c1)C(=O)N1CCOCC1. The molecule has 1 fully saturated rings. The van der Waals surface area contributed by atoms with Gasteiger partial charge in [-0.15, -0.1) is 0 Å². The Hall–Kier alpha value is -1.40. The van der Waals surface area contributed by atoms with Crippen LogP contribution in [0.3, 0.4) is 0 Å². The second-order valence-electron chi connectivity index (χ2n) is 5.56. The number of hydrogen-bond donors (Lipinski definition) is 1. The predicted molar refractivity (Wildman–Crippen MR) is 76.1 cm³/mol. The quantitative estimate of drug-likeness (QED) is 0.848. The molecule has 0 saturated carbocycles. The Bertz CT molecular complexity index is 438. The molecule has 0 aromatic carbocycles. The van der Waals surface area contributed by atoms with Crippen molar-refractivity contribution in [2.45, 2.75) is 26.4 Å². The summed E-state index contributed by atoms with van der Waals surface area (Å²) in [4.78, 5) is 14.4. The van der Waals surface area contributed by atoms with Crippen molar-refractivity contribution in [1.29, 1.82) is 0 Å². The first-order chi connectivity index (χ1) is 9.58. The lowest BCUT2D eigenvalue weighted by Gasteiger charge is -2.32. The molecule has 1 amide bonds. The van der Waals surface area contributed by atoms with Gasteiger partial charge in [0.15, 0.2) is 0 Å². The minimum absolute atomic E-state index is 0.159. The number of ether oxygens (including phenoxy) is 1. The fraction of sp³-hybridized carbons (Fsp3) is 0.714. The molecule has 6 heteroatoms. The van der Waals surface area contributed by atoms with Crippen molar-refractivity contribution in [3.05, 3.63) is 18.0 Å². The van der Waals surface area contributed by atoms with Crippen LogP contribution >= 0.6 is 0 Å². The summed E-state index contributed by atoms with van der Waals surface area (Å²) in [6, 6.07) is -0.159. The van der Waals surface area contributed by atoms with Gasteiger partial charge in [0.05, 0.1) is 25.5 Å². The zero-order valence-corrected chi connectivity index (χ0v) is 12.5. The van der Waals surface area contributed by atoms with Gasteiger partial charge in [-0.3, -0.25) is 9.48 Å². The van der Waals surface area contributed by atoms with E-state index in [4.69, 9.17) is 4.74 Å². The first-order valence-electron chi connectivity index (χ1n) is 7.15. The van der Waals surface area contributed by atoms with Crippen LogP contribution in [0.4, 0.5) is 0 Å². The molecule has 1 saturated heterocycles. The topological polar surface area (TPSA) is 59.4 Å². The second kappa shape index (κ2) is 6.85. The molecule has 1 aliphatic heterocycles. The van der Waals surface area contributed by atoms with Gasteiger partial charge in [0, 0.05) is 38.4 Å². The van der Waals surface area contributed by atoms with Crippen LogP contribution in [-0.2, 0) is 23.1 Å². The maximum atomic E-state index is 12.6. The van der Waals surface area contributed by atoms with E-state index in [2.05, 4.69) is 24.3 Å². The smallest absolute Gasteiger partial charge is 0.240 e. The normalized spacial score (nSPS) is 17.5. The van der Waals surface area contributed by atoms with E-state index in [0.29, 0.717) is 32.8 Å². The Morgan fingerprint density at radius 3 is 2.70 bits per heavy atom. The number of morpholine rings is 1. The van der Waals surface area contributed by atoms with Crippen molar-refractivity contribution < 1.29 is 9.53 Å². The molecule has 1 unspecified atom stereocenters. The highest BCUT2D eigenvalue weighted by molar-refractivity contribution is 5.82. The lowest BCUT2D eigenvalue weighted by atomic mass is 10.0. The van der Waals surface area contributed by atoms with E-state index < -0.39 is 0 Å². The molecule has 0 radical (unpaired) electrons. The molecule has 0 spiro atoms. The fourth-order valence-corrected chi connectivity index (χ4v) is 2.38. The number of aromatic nitrogens is 2. The fourth-order valence-electron chi connectivity index (χ4n) is 2.38. The third-order valence-electron chi connectivity index (χ3n) is 3.54. The molecular weight excluding hydrogens is 256 g/mol. The van der Waals surface area contributed by atoms with Gasteiger partial charge >= 0.3 is 0 Å². The molecule has 0 aliphatic carbocycles. The van der Waals surface area contributed by atoms with Gasteiger partial charge in [-0.05, 0) is 5.92 Å². The summed E-state index contributed by atoms with van der Waals surface area (Å²) in [5.41, 5.74) is 1.09. The van der Waals surface area contributed by atoms with Crippen LogP contribution < -0.4 is 5.32 Å². The Morgan fingerprint density at radius 2 is 2.15 bits per heavy atom. The van der Waals surface area contributed by atoms with E-state index in [-0.39, 0.29) is 17.9 Å². The van der Waals surface area contributed by atoms with Crippen molar-refractivity contribution in [3.8, 4) is 0 Å². The maximum absolute atomic E-state index is 12.6. The summed E-state index contributed by atoms with van der Waals surface area (Å²) in [7, 11) is 1.89. The lowest BCUT2D eigenvalue weighted by molar-refractivity contribution is -0.138. The highest BCUT2D eigenvalue weighted by Gasteiger charge is 2.27. The van der Waals surface area contributed by atoms with Crippen LogP contribution in [0.15, 0.2) is 12.4 Å². The Morgan fingerprint density at radius 1 is 1.45 bits per heavy atom. The lowest BCUT2D eigenvalue weighted by Crippen LogP contribution is -2.52. The average molecular weight is 280 g/mol. The molecule has 20 heavy (non-hydrogen) atoms. The molecular formula is C14H24N4O2. The van der Waals surface area contributed by atoms with Crippen molar-refractivity contribution in [3.63, 3.8) is 0 Å². The Kier molecular flexibility index (Phi) is 5.14. The monoisotopic (exact) mass is 280 g/mol. The van der Waals surface area contributed by atoms with E-state index >= 15 is 0 Å².